The van der Waals surface area contributed by atoms with Gasteiger partial charge >= 0.3 is 0 Å². The number of pyridine rings is 1. The number of ether oxygens (including phenoxy) is 2. The lowest BCUT2D eigenvalue weighted by Gasteiger charge is -2.28. The Morgan fingerprint density at radius 1 is 0.514 bits per heavy atom. The highest BCUT2D eigenvalue weighted by atomic mass is 16.5. The van der Waals surface area contributed by atoms with E-state index in [1.165, 1.54) is 61.0 Å². The first-order chi connectivity index (χ1) is 35.0. The van der Waals surface area contributed by atoms with Gasteiger partial charge in [0.05, 0.1) is 29.8 Å². The van der Waals surface area contributed by atoms with Gasteiger partial charge in [-0.3, -0.25) is 23.7 Å². The number of nitrogens with zero attached hydrogens (tertiary/aromatic N) is 3. The second-order valence-electron chi connectivity index (χ2n) is 21.9. The van der Waals surface area contributed by atoms with E-state index in [9.17, 15) is 9.59 Å². The molecule has 0 N–H and O–H groups in total. The Kier molecular flexibility index (Phi) is 15.9. The van der Waals surface area contributed by atoms with E-state index in [1.54, 1.807) is 7.05 Å². The lowest BCUT2D eigenvalue weighted by molar-refractivity contribution is 0.0650. The maximum Gasteiger partial charge on any atom is 0.264 e. The highest BCUT2D eigenvalue weighted by Gasteiger charge is 2.35. The van der Waals surface area contributed by atoms with Crippen molar-refractivity contribution in [1.29, 1.82) is 0 Å². The van der Waals surface area contributed by atoms with Crippen LogP contribution in [0.1, 0.15) is 196 Å². The standard InChI is InChI=1S/C64H81N3O5/c1-10-17-23-40(14-5)26-21-28-43-33-51-52(34-44(43)27-20-22-39(8)13-4)67-61(65-51)49-35-53(71-37-41(15-6)24-18-11-2)59-57-45(30-32-48(55(49)57)64(67)70)46-29-31-47-56-50(63(69)66(9)62(47)68)36-54(60(59)58(46)56)72-38-42(16-7)25-19-12-3/h29-36,39-42H,10-28,37-38H2,1-9H3. The van der Waals surface area contributed by atoms with Crippen molar-refractivity contribution in [3.8, 4) is 11.5 Å². The summed E-state index contributed by atoms with van der Waals surface area (Å²) in [6.45, 7) is 19.2. The van der Waals surface area contributed by atoms with E-state index in [4.69, 9.17) is 14.5 Å². The van der Waals surface area contributed by atoms with Gasteiger partial charge in [0.25, 0.3) is 17.4 Å². The number of aryl methyl sites for hydroxylation is 2. The minimum absolute atomic E-state index is 0.0785. The molecule has 0 aliphatic carbocycles. The predicted octanol–water partition coefficient (Wildman–Crippen LogP) is 16.8. The van der Waals surface area contributed by atoms with Crippen LogP contribution >= 0.6 is 0 Å². The zero-order valence-electron chi connectivity index (χ0n) is 45.2. The molecule has 3 heterocycles. The highest BCUT2D eigenvalue weighted by Crippen LogP contribution is 2.52. The first kappa shape index (κ1) is 51.4. The summed E-state index contributed by atoms with van der Waals surface area (Å²) in [5.74, 6) is 2.76. The van der Waals surface area contributed by atoms with Gasteiger partial charge < -0.3 is 9.47 Å². The first-order valence-electron chi connectivity index (χ1n) is 28.5. The Balaban J connectivity index is 1.33. The summed E-state index contributed by atoms with van der Waals surface area (Å²) in [5, 5.41) is 8.32. The minimum atomic E-state index is -0.336. The van der Waals surface area contributed by atoms with Crippen LogP contribution in [0, 0.1) is 23.7 Å². The molecule has 9 rings (SSSR count). The fourth-order valence-corrected chi connectivity index (χ4v) is 12.3. The molecule has 0 bridgehead atoms. The summed E-state index contributed by atoms with van der Waals surface area (Å²) >= 11 is 0. The van der Waals surface area contributed by atoms with Crippen molar-refractivity contribution in [2.75, 3.05) is 20.3 Å². The number of aromatic nitrogens is 2. The number of unbranched alkanes of at least 4 members (excludes halogenated alkanes) is 3. The smallest absolute Gasteiger partial charge is 0.264 e. The molecule has 2 amide bonds. The predicted molar refractivity (Wildman–Crippen MR) is 302 cm³/mol. The van der Waals surface area contributed by atoms with Crippen LogP contribution < -0.4 is 15.0 Å². The number of hydrogen-bond acceptors (Lipinski definition) is 6. The first-order valence-corrected chi connectivity index (χ1v) is 28.5. The molecule has 0 spiro atoms. The molecule has 4 unspecified atom stereocenters. The molecule has 382 valence electrons. The normalized spacial score (nSPS) is 14.9. The molecule has 8 nitrogen and oxygen atoms in total. The van der Waals surface area contributed by atoms with Crippen molar-refractivity contribution in [2.24, 2.45) is 23.7 Å². The largest absolute Gasteiger partial charge is 0.493 e. The van der Waals surface area contributed by atoms with Gasteiger partial charge in [0.15, 0.2) is 0 Å². The van der Waals surface area contributed by atoms with Gasteiger partial charge in [0.1, 0.15) is 17.1 Å². The number of rotatable bonds is 27. The van der Waals surface area contributed by atoms with E-state index in [1.807, 2.05) is 28.7 Å². The van der Waals surface area contributed by atoms with Gasteiger partial charge in [0.2, 0.25) is 0 Å². The minimum Gasteiger partial charge on any atom is -0.493 e. The van der Waals surface area contributed by atoms with Crippen LogP contribution in [0.5, 0.6) is 11.5 Å². The number of hydrogen-bond donors (Lipinski definition) is 0. The van der Waals surface area contributed by atoms with E-state index in [0.717, 1.165) is 137 Å². The molecule has 1 aliphatic heterocycles. The van der Waals surface area contributed by atoms with Crippen molar-refractivity contribution < 1.29 is 19.1 Å². The zero-order chi connectivity index (χ0) is 50.8. The molecule has 4 atom stereocenters. The topological polar surface area (TPSA) is 90.2 Å². The third-order valence-corrected chi connectivity index (χ3v) is 17.2. The summed E-state index contributed by atoms with van der Waals surface area (Å²) in [4.78, 5) is 50.4. The molecular weight excluding hydrogens is 891 g/mol. The fourth-order valence-electron chi connectivity index (χ4n) is 12.3. The van der Waals surface area contributed by atoms with Crippen LogP contribution in [0.3, 0.4) is 0 Å². The number of benzene rings is 6. The van der Waals surface area contributed by atoms with Gasteiger partial charge in [-0.25, -0.2) is 4.98 Å². The molecule has 0 radical (unpaired) electrons. The van der Waals surface area contributed by atoms with Crippen molar-refractivity contribution in [2.45, 2.75) is 177 Å². The molecule has 2 aromatic heterocycles. The molecule has 0 saturated heterocycles. The summed E-state index contributed by atoms with van der Waals surface area (Å²) in [6, 6.07) is 16.6. The van der Waals surface area contributed by atoms with Crippen LogP contribution in [-0.2, 0) is 12.8 Å². The zero-order valence-corrected chi connectivity index (χ0v) is 45.2. The van der Waals surface area contributed by atoms with Crippen LogP contribution in [0.2, 0.25) is 0 Å². The van der Waals surface area contributed by atoms with Crippen LogP contribution in [0.25, 0.3) is 70.5 Å². The molecule has 6 aromatic carbocycles. The van der Waals surface area contributed by atoms with Crippen molar-refractivity contribution >= 4 is 82.4 Å². The van der Waals surface area contributed by atoms with Crippen LogP contribution in [-0.4, -0.2) is 46.4 Å². The van der Waals surface area contributed by atoms with Gasteiger partial charge in [-0.1, -0.05) is 151 Å². The average molecular weight is 972 g/mol. The summed E-state index contributed by atoms with van der Waals surface area (Å²) in [7, 11) is 1.56. The van der Waals surface area contributed by atoms with Gasteiger partial charge in [-0.2, -0.15) is 0 Å². The quantitative estimate of drug-likeness (QED) is 0.0290. The van der Waals surface area contributed by atoms with Crippen molar-refractivity contribution in [3.63, 3.8) is 0 Å². The van der Waals surface area contributed by atoms with Crippen LogP contribution in [0.4, 0.5) is 0 Å². The molecule has 1 aliphatic rings. The third-order valence-electron chi connectivity index (χ3n) is 17.2. The van der Waals surface area contributed by atoms with Gasteiger partial charge in [0, 0.05) is 55.7 Å². The fraction of sp³-hybridized carbons (Fsp3) is 0.531. The Labute approximate surface area is 427 Å². The van der Waals surface area contributed by atoms with Crippen molar-refractivity contribution in [3.05, 3.63) is 81.1 Å². The molecule has 8 aromatic rings. The van der Waals surface area contributed by atoms with E-state index >= 15 is 4.79 Å². The molecule has 72 heavy (non-hydrogen) atoms. The monoisotopic (exact) mass is 972 g/mol. The van der Waals surface area contributed by atoms with Crippen LogP contribution in [0.15, 0.2) is 53.3 Å². The van der Waals surface area contributed by atoms with Crippen molar-refractivity contribution in [1.82, 2.24) is 14.3 Å². The van der Waals surface area contributed by atoms with E-state index in [-0.39, 0.29) is 17.4 Å². The number of carbonyl (C=O) groups is 2. The Morgan fingerprint density at radius 2 is 1.04 bits per heavy atom. The third kappa shape index (κ3) is 9.38. The van der Waals surface area contributed by atoms with E-state index in [2.05, 4.69) is 79.7 Å². The summed E-state index contributed by atoms with van der Waals surface area (Å²) < 4.78 is 16.2. The average Bonchev–Trinajstić information content (AvgIpc) is 3.78. The van der Waals surface area contributed by atoms with Gasteiger partial charge in [-0.15, -0.1) is 0 Å². The second kappa shape index (κ2) is 22.3. The van der Waals surface area contributed by atoms with E-state index in [0.29, 0.717) is 70.0 Å². The lowest BCUT2D eigenvalue weighted by Crippen LogP contribution is -2.37. The SMILES string of the molecule is CCCCC(CC)CCCc1cc2nc3c4cc(OCC(CC)CCCC)c5c6c(OCC(CC)CCCC)cc7c8c(ccc(c9ccc(c(=O)n3c2cc1CCCC(C)CC)c4c95)c86)C(=O)N(C)C7=O. The number of fused-ring (bicyclic) bond motifs is 6. The summed E-state index contributed by atoms with van der Waals surface area (Å²) in [5.41, 5.74) is 5.97. The maximum absolute atomic E-state index is 15.5. The molecular formula is C64H81N3O5. The second-order valence-corrected chi connectivity index (χ2v) is 21.9. The maximum atomic E-state index is 15.5. The Bertz CT molecular complexity index is 3300. The summed E-state index contributed by atoms with van der Waals surface area (Å²) in [6.07, 6.45) is 21.4. The lowest BCUT2D eigenvalue weighted by atomic mass is 9.83. The number of imidazole rings is 1. The Hall–Kier alpha value is -5.50. The number of imide groups is 1. The molecule has 8 heteroatoms. The number of amides is 2. The molecule has 0 saturated carbocycles. The van der Waals surface area contributed by atoms with Gasteiger partial charge in [-0.05, 0) is 120 Å². The Morgan fingerprint density at radius 3 is 1.65 bits per heavy atom. The number of carbonyl (C=O) groups excluding carboxylic acids is 2. The highest BCUT2D eigenvalue weighted by molar-refractivity contribution is 6.43. The van der Waals surface area contributed by atoms with E-state index < -0.39 is 0 Å². The molecule has 0 fully saturated rings.